The van der Waals surface area contributed by atoms with Gasteiger partial charge in [-0.2, -0.15) is 5.10 Å². The number of aromatic nitrogens is 3. The number of Topliss-reactive ketones (excluding diaryl/α,β-unsaturated/α-hetero) is 1. The van der Waals surface area contributed by atoms with E-state index in [0.29, 0.717) is 28.3 Å². The van der Waals surface area contributed by atoms with Crippen LogP contribution >= 0.6 is 0 Å². The molecule has 170 valence electrons. The Hall–Kier alpha value is -4.27. The molecule has 0 saturated heterocycles. The van der Waals surface area contributed by atoms with E-state index in [9.17, 15) is 19.1 Å². The molecule has 0 spiro atoms. The number of fused-ring (bicyclic) bond motifs is 4. The first-order valence-electron chi connectivity index (χ1n) is 10.7. The highest BCUT2D eigenvalue weighted by Crippen LogP contribution is 2.44. The monoisotopic (exact) mass is 461 g/mol. The molecule has 34 heavy (non-hydrogen) atoms. The first-order chi connectivity index (χ1) is 16.4. The zero-order valence-corrected chi connectivity index (χ0v) is 17.7. The van der Waals surface area contributed by atoms with Crippen LogP contribution in [0.15, 0.2) is 42.6 Å². The minimum absolute atomic E-state index is 0.119. The summed E-state index contributed by atoms with van der Waals surface area (Å²) in [4.78, 5) is 25.4. The van der Waals surface area contributed by atoms with Gasteiger partial charge in [-0.3, -0.25) is 9.89 Å². The summed E-state index contributed by atoms with van der Waals surface area (Å²) in [5.74, 6) is -2.43. The topological polar surface area (TPSA) is 97.2 Å². The molecule has 0 unspecified atom stereocenters. The second kappa shape index (κ2) is 7.38. The van der Waals surface area contributed by atoms with Crippen LogP contribution in [0, 0.1) is 11.6 Å². The lowest BCUT2D eigenvalue weighted by atomic mass is 9.92. The van der Waals surface area contributed by atoms with Crippen LogP contribution in [-0.2, 0) is 17.8 Å². The van der Waals surface area contributed by atoms with Crippen LogP contribution in [0.3, 0.4) is 0 Å². The molecular formula is C25H17F2N3O4. The van der Waals surface area contributed by atoms with Crippen molar-refractivity contribution in [3.8, 4) is 5.75 Å². The fourth-order valence-electron chi connectivity index (χ4n) is 4.85. The van der Waals surface area contributed by atoms with Crippen molar-refractivity contribution < 1.29 is 28.2 Å². The van der Waals surface area contributed by atoms with Crippen molar-refractivity contribution in [3.05, 3.63) is 76.6 Å². The normalized spacial score (nSPS) is 15.1. The highest BCUT2D eigenvalue weighted by Gasteiger charge is 2.33. The van der Waals surface area contributed by atoms with Gasteiger partial charge in [-0.25, -0.2) is 13.6 Å². The molecule has 2 aromatic heterocycles. The number of halogens is 2. The standard InChI is InChI=1S/C25H17F2N3O4/c26-16-8-18-12(10-28-29-18)7-13(16)11-30-19-9-17(27)14-5-6-34-24(14)22(19)21(23(30)25(32)33)15-3-1-2-4-20(15)31/h1-3,7-10H,4-6,11H2,(H,28,29)(H,32,33). The van der Waals surface area contributed by atoms with Gasteiger partial charge in [0.2, 0.25) is 0 Å². The molecular weight excluding hydrogens is 444 g/mol. The second-order valence-corrected chi connectivity index (χ2v) is 8.31. The van der Waals surface area contributed by atoms with E-state index in [1.807, 2.05) is 0 Å². The highest BCUT2D eigenvalue weighted by atomic mass is 19.1. The van der Waals surface area contributed by atoms with E-state index in [1.54, 1.807) is 24.3 Å². The quantitative estimate of drug-likeness (QED) is 0.470. The largest absolute Gasteiger partial charge is 0.492 e. The van der Waals surface area contributed by atoms with Crippen molar-refractivity contribution in [3.63, 3.8) is 0 Å². The predicted octanol–water partition coefficient (Wildman–Crippen LogP) is 4.39. The van der Waals surface area contributed by atoms with Crippen molar-refractivity contribution in [2.45, 2.75) is 19.4 Å². The highest BCUT2D eigenvalue weighted by molar-refractivity contribution is 6.28. The van der Waals surface area contributed by atoms with E-state index in [0.717, 1.165) is 0 Å². The molecule has 2 N–H and O–H groups in total. The van der Waals surface area contributed by atoms with Crippen molar-refractivity contribution in [2.75, 3.05) is 6.61 Å². The Morgan fingerprint density at radius 3 is 2.88 bits per heavy atom. The van der Waals surface area contributed by atoms with Crippen LogP contribution in [0.25, 0.3) is 27.4 Å². The zero-order chi connectivity index (χ0) is 23.6. The summed E-state index contributed by atoms with van der Waals surface area (Å²) in [6.45, 7) is 0.0533. The third-order valence-electron chi connectivity index (χ3n) is 6.37. The van der Waals surface area contributed by atoms with Gasteiger partial charge in [-0.05, 0) is 18.2 Å². The Bertz CT molecular complexity index is 1610. The molecule has 3 heterocycles. The number of carbonyl (C=O) groups excluding carboxylic acids is 1. The lowest BCUT2D eigenvalue weighted by molar-refractivity contribution is -0.113. The summed E-state index contributed by atoms with van der Waals surface area (Å²) >= 11 is 0. The lowest BCUT2D eigenvalue weighted by Crippen LogP contribution is -2.14. The Morgan fingerprint density at radius 2 is 2.09 bits per heavy atom. The summed E-state index contributed by atoms with van der Waals surface area (Å²) in [5.41, 5.74) is 1.41. The number of aromatic carboxylic acids is 1. The number of benzene rings is 2. The lowest BCUT2D eigenvalue weighted by Gasteiger charge is -2.12. The van der Waals surface area contributed by atoms with Crippen molar-refractivity contribution in [1.29, 1.82) is 0 Å². The van der Waals surface area contributed by atoms with Gasteiger partial charge in [-0.15, -0.1) is 0 Å². The van der Waals surface area contributed by atoms with Gasteiger partial charge < -0.3 is 14.4 Å². The molecule has 1 aliphatic carbocycles. The third kappa shape index (κ3) is 2.89. The number of carboxylic acids is 1. The van der Waals surface area contributed by atoms with Gasteiger partial charge in [0.15, 0.2) is 5.78 Å². The van der Waals surface area contributed by atoms with Crippen molar-refractivity contribution in [2.24, 2.45) is 0 Å². The van der Waals surface area contributed by atoms with Crippen molar-refractivity contribution in [1.82, 2.24) is 14.8 Å². The molecule has 0 fully saturated rings. The minimum Gasteiger partial charge on any atom is -0.492 e. The van der Waals surface area contributed by atoms with Gasteiger partial charge in [0.25, 0.3) is 0 Å². The molecule has 2 aromatic carbocycles. The SMILES string of the molecule is O=C1CC=CC=C1c1c(C(=O)O)n(Cc2cc3cn[nH]c3cc2F)c2cc(F)c3c(c12)OCC3. The Labute approximate surface area is 190 Å². The molecule has 4 aromatic rings. The maximum absolute atomic E-state index is 15.0. The summed E-state index contributed by atoms with van der Waals surface area (Å²) in [7, 11) is 0. The van der Waals surface area contributed by atoms with Crippen molar-refractivity contribution >= 4 is 39.1 Å². The van der Waals surface area contributed by atoms with E-state index >= 15 is 4.39 Å². The number of H-pyrrole nitrogens is 1. The predicted molar refractivity (Wildman–Crippen MR) is 120 cm³/mol. The molecule has 0 bridgehead atoms. The average molecular weight is 461 g/mol. The average Bonchev–Trinajstić information content (AvgIpc) is 3.52. The number of ketones is 1. The summed E-state index contributed by atoms with van der Waals surface area (Å²) < 4.78 is 37.1. The second-order valence-electron chi connectivity index (χ2n) is 8.31. The molecule has 2 aliphatic rings. The molecule has 1 aliphatic heterocycles. The number of carbonyl (C=O) groups is 2. The van der Waals surface area contributed by atoms with Crippen LogP contribution in [0.5, 0.6) is 5.75 Å². The first kappa shape index (κ1) is 20.3. The van der Waals surface area contributed by atoms with Crippen LogP contribution < -0.4 is 4.74 Å². The number of hydrogen-bond donors (Lipinski definition) is 2. The van der Waals surface area contributed by atoms with E-state index in [-0.39, 0.29) is 59.0 Å². The van der Waals surface area contributed by atoms with Gasteiger partial charge in [0, 0.05) is 40.5 Å². The minimum atomic E-state index is -1.31. The van der Waals surface area contributed by atoms with E-state index in [1.165, 1.54) is 22.9 Å². The molecule has 0 radical (unpaired) electrons. The zero-order valence-electron chi connectivity index (χ0n) is 17.7. The number of ether oxygens (including phenoxy) is 1. The summed E-state index contributed by atoms with van der Waals surface area (Å²) in [6, 6.07) is 4.10. The smallest absolute Gasteiger partial charge is 0.353 e. The van der Waals surface area contributed by atoms with Crippen LogP contribution in [-0.4, -0.2) is 38.2 Å². The van der Waals surface area contributed by atoms with Crippen LogP contribution in [0.1, 0.15) is 33.6 Å². The van der Waals surface area contributed by atoms with Gasteiger partial charge in [0.05, 0.1) is 35.8 Å². The third-order valence-corrected chi connectivity index (χ3v) is 6.37. The fraction of sp³-hybridized carbons (Fsp3) is 0.160. The number of aromatic amines is 1. The maximum Gasteiger partial charge on any atom is 0.353 e. The molecule has 9 heteroatoms. The van der Waals surface area contributed by atoms with Gasteiger partial charge >= 0.3 is 5.97 Å². The Balaban J connectivity index is 1.69. The van der Waals surface area contributed by atoms with E-state index in [2.05, 4.69) is 10.2 Å². The van der Waals surface area contributed by atoms with E-state index in [4.69, 9.17) is 4.74 Å². The molecule has 6 rings (SSSR count). The van der Waals surface area contributed by atoms with Crippen LogP contribution in [0.2, 0.25) is 0 Å². The van der Waals surface area contributed by atoms with E-state index < -0.39 is 17.6 Å². The number of nitrogens with one attached hydrogen (secondary N) is 1. The first-order valence-corrected chi connectivity index (χ1v) is 10.7. The molecule has 0 atom stereocenters. The van der Waals surface area contributed by atoms with Crippen LogP contribution in [0.4, 0.5) is 8.78 Å². The summed E-state index contributed by atoms with van der Waals surface area (Å²) in [5, 5.41) is 17.8. The molecule has 0 saturated carbocycles. The molecule has 0 amide bonds. The van der Waals surface area contributed by atoms with Gasteiger partial charge in [-0.1, -0.05) is 18.2 Å². The number of carboxylic acid groups (broad SMARTS) is 1. The number of hydrogen-bond acceptors (Lipinski definition) is 4. The molecule has 7 nitrogen and oxygen atoms in total. The number of nitrogens with zero attached hydrogens (tertiary/aromatic N) is 2. The number of rotatable bonds is 4. The Kier molecular flexibility index (Phi) is 4.41. The fourth-order valence-corrected chi connectivity index (χ4v) is 4.85. The van der Waals surface area contributed by atoms with Gasteiger partial charge in [0.1, 0.15) is 23.1 Å². The summed E-state index contributed by atoms with van der Waals surface area (Å²) in [6.07, 6.45) is 6.91. The maximum atomic E-state index is 15.0. The Morgan fingerprint density at radius 1 is 1.24 bits per heavy atom. The number of allylic oxidation sites excluding steroid dienone is 4.